The molecule has 0 radical (unpaired) electrons. The van der Waals surface area contributed by atoms with Crippen LogP contribution in [0.2, 0.25) is 5.02 Å². The van der Waals surface area contributed by atoms with Crippen molar-refractivity contribution in [3.63, 3.8) is 0 Å². The van der Waals surface area contributed by atoms with E-state index in [1.807, 2.05) is 0 Å². The van der Waals surface area contributed by atoms with E-state index in [0.29, 0.717) is 38.0 Å². The first kappa shape index (κ1) is 22.9. The fourth-order valence-corrected chi connectivity index (χ4v) is 3.42. The molecule has 31 heavy (non-hydrogen) atoms. The van der Waals surface area contributed by atoms with E-state index in [2.05, 4.69) is 20.1 Å². The number of hydrogen-bond donors (Lipinski definition) is 1. The SMILES string of the molecule is Cn1cc(C(=O)NCC2CCN(C(=O)c3cnc(OCC(F)(F)F)c(Cl)c3)CC2)cn1. The van der Waals surface area contributed by atoms with E-state index < -0.39 is 12.8 Å². The van der Waals surface area contributed by atoms with E-state index in [9.17, 15) is 22.8 Å². The average molecular weight is 460 g/mol. The molecule has 0 aliphatic carbocycles. The Morgan fingerprint density at radius 3 is 2.55 bits per heavy atom. The maximum Gasteiger partial charge on any atom is 0.422 e. The molecule has 0 bridgehead atoms. The molecule has 1 saturated heterocycles. The van der Waals surface area contributed by atoms with Crippen molar-refractivity contribution in [2.24, 2.45) is 13.0 Å². The summed E-state index contributed by atoms with van der Waals surface area (Å²) in [6.45, 7) is -0.0569. The minimum absolute atomic E-state index is 0.164. The molecule has 0 atom stereocenters. The van der Waals surface area contributed by atoms with E-state index in [1.54, 1.807) is 22.8 Å². The molecule has 0 spiro atoms. The van der Waals surface area contributed by atoms with Crippen LogP contribution in [-0.2, 0) is 7.05 Å². The summed E-state index contributed by atoms with van der Waals surface area (Å²) in [6.07, 6.45) is 1.17. The minimum Gasteiger partial charge on any atom is -0.467 e. The van der Waals surface area contributed by atoms with E-state index in [-0.39, 0.29) is 34.2 Å². The minimum atomic E-state index is -4.51. The van der Waals surface area contributed by atoms with E-state index in [1.165, 1.54) is 12.3 Å². The van der Waals surface area contributed by atoms with Gasteiger partial charge in [-0.25, -0.2) is 4.98 Å². The molecule has 1 N–H and O–H groups in total. The fourth-order valence-electron chi connectivity index (χ4n) is 3.20. The Morgan fingerprint density at radius 2 is 1.97 bits per heavy atom. The predicted molar refractivity (Wildman–Crippen MR) is 105 cm³/mol. The van der Waals surface area contributed by atoms with Crippen molar-refractivity contribution in [2.75, 3.05) is 26.2 Å². The van der Waals surface area contributed by atoms with Crippen LogP contribution in [0, 0.1) is 5.92 Å². The molecule has 8 nitrogen and oxygen atoms in total. The molecule has 0 saturated carbocycles. The Bertz CT molecular complexity index is 942. The van der Waals surface area contributed by atoms with Crippen LogP contribution < -0.4 is 10.1 Å². The second kappa shape index (κ2) is 9.54. The van der Waals surface area contributed by atoms with Gasteiger partial charge in [0.05, 0.1) is 17.3 Å². The number of likely N-dealkylation sites (tertiary alicyclic amines) is 1. The number of amides is 2. The first-order valence-corrected chi connectivity index (χ1v) is 9.91. The van der Waals surface area contributed by atoms with Crippen LogP contribution in [0.1, 0.15) is 33.6 Å². The normalized spacial score (nSPS) is 15.1. The summed E-state index contributed by atoms with van der Waals surface area (Å²) in [4.78, 5) is 30.1. The van der Waals surface area contributed by atoms with Gasteiger partial charge in [-0.2, -0.15) is 18.3 Å². The number of rotatable bonds is 6. The van der Waals surface area contributed by atoms with E-state index in [0.717, 1.165) is 6.20 Å². The van der Waals surface area contributed by atoms with Crippen molar-refractivity contribution in [1.82, 2.24) is 25.0 Å². The third-order valence-corrected chi connectivity index (χ3v) is 5.12. The average Bonchev–Trinajstić information content (AvgIpc) is 3.16. The van der Waals surface area contributed by atoms with Crippen LogP contribution in [0.5, 0.6) is 5.88 Å². The van der Waals surface area contributed by atoms with Crippen LogP contribution in [-0.4, -0.2) is 63.9 Å². The number of halogens is 4. The summed E-state index contributed by atoms with van der Waals surface area (Å²) in [7, 11) is 1.73. The lowest BCUT2D eigenvalue weighted by atomic mass is 9.96. The smallest absolute Gasteiger partial charge is 0.422 e. The van der Waals surface area contributed by atoms with Gasteiger partial charge in [0.1, 0.15) is 5.02 Å². The van der Waals surface area contributed by atoms with Crippen molar-refractivity contribution >= 4 is 23.4 Å². The summed E-state index contributed by atoms with van der Waals surface area (Å²) in [5.74, 6) is -0.655. The lowest BCUT2D eigenvalue weighted by Gasteiger charge is -2.32. The maximum absolute atomic E-state index is 12.7. The van der Waals surface area contributed by atoms with Crippen LogP contribution in [0.4, 0.5) is 13.2 Å². The highest BCUT2D eigenvalue weighted by atomic mass is 35.5. The molecule has 168 valence electrons. The van der Waals surface area contributed by atoms with Crippen LogP contribution in [0.3, 0.4) is 0 Å². The second-order valence-corrected chi connectivity index (χ2v) is 7.67. The van der Waals surface area contributed by atoms with Crippen LogP contribution in [0.15, 0.2) is 24.7 Å². The van der Waals surface area contributed by atoms with Gasteiger partial charge in [0.25, 0.3) is 11.8 Å². The molecule has 2 amide bonds. The number of carbonyl (C=O) groups is 2. The maximum atomic E-state index is 12.7. The van der Waals surface area contributed by atoms with Crippen LogP contribution in [0.25, 0.3) is 0 Å². The molecule has 1 aliphatic heterocycles. The monoisotopic (exact) mass is 459 g/mol. The molecule has 3 rings (SSSR count). The topological polar surface area (TPSA) is 89.4 Å². The summed E-state index contributed by atoms with van der Waals surface area (Å²) < 4.78 is 42.9. The van der Waals surface area contributed by atoms with Crippen molar-refractivity contribution in [2.45, 2.75) is 19.0 Å². The largest absolute Gasteiger partial charge is 0.467 e. The summed E-state index contributed by atoms with van der Waals surface area (Å²) in [5, 5.41) is 6.68. The first-order valence-electron chi connectivity index (χ1n) is 9.53. The molecule has 2 aromatic heterocycles. The molecular weight excluding hydrogens is 439 g/mol. The summed E-state index contributed by atoms with van der Waals surface area (Å²) in [6, 6.07) is 1.25. The first-order chi connectivity index (χ1) is 14.6. The zero-order valence-electron chi connectivity index (χ0n) is 16.7. The standard InChI is InChI=1S/C19H21ClF3N5O3/c1-27-10-14(9-26-27)16(29)24-7-12-2-4-28(5-3-12)18(30)13-6-15(20)17(25-8-13)31-11-19(21,22)23/h6,8-10,12H,2-5,7,11H2,1H3,(H,24,29). The fraction of sp³-hybridized carbons (Fsp3) is 0.474. The Balaban J connectivity index is 1.48. The third-order valence-electron chi connectivity index (χ3n) is 4.85. The zero-order chi connectivity index (χ0) is 22.6. The van der Waals surface area contributed by atoms with Gasteiger partial charge in [-0.1, -0.05) is 11.6 Å². The molecule has 0 unspecified atom stereocenters. The number of aryl methyl sites for hydroxylation is 1. The van der Waals surface area contributed by atoms with Gasteiger partial charge in [-0.15, -0.1) is 0 Å². The molecule has 3 heterocycles. The Kier molecular flexibility index (Phi) is 7.04. The predicted octanol–water partition coefficient (Wildman–Crippen LogP) is 2.69. The van der Waals surface area contributed by atoms with Gasteiger partial charge < -0.3 is 15.0 Å². The Morgan fingerprint density at radius 1 is 1.26 bits per heavy atom. The number of carbonyl (C=O) groups excluding carboxylic acids is 2. The van der Waals surface area contributed by atoms with Gasteiger partial charge in [-0.05, 0) is 24.8 Å². The summed E-state index contributed by atoms with van der Waals surface area (Å²) in [5.41, 5.74) is 0.662. The number of piperidine rings is 1. The van der Waals surface area contributed by atoms with E-state index >= 15 is 0 Å². The number of pyridine rings is 1. The third kappa shape index (κ3) is 6.33. The highest BCUT2D eigenvalue weighted by molar-refractivity contribution is 6.32. The molecule has 2 aromatic rings. The van der Waals surface area contributed by atoms with E-state index in [4.69, 9.17) is 11.6 Å². The van der Waals surface area contributed by atoms with Crippen molar-refractivity contribution < 1.29 is 27.5 Å². The molecule has 1 fully saturated rings. The van der Waals surface area contributed by atoms with Gasteiger partial charge in [0, 0.05) is 39.1 Å². The quantitative estimate of drug-likeness (QED) is 0.717. The van der Waals surface area contributed by atoms with Gasteiger partial charge >= 0.3 is 6.18 Å². The molecule has 0 aromatic carbocycles. The number of alkyl halides is 3. The lowest BCUT2D eigenvalue weighted by molar-refractivity contribution is -0.154. The zero-order valence-corrected chi connectivity index (χ0v) is 17.4. The van der Waals surface area contributed by atoms with Crippen molar-refractivity contribution in [3.05, 3.63) is 40.8 Å². The van der Waals surface area contributed by atoms with Gasteiger partial charge in [0.15, 0.2) is 6.61 Å². The van der Waals surface area contributed by atoms with Crippen molar-refractivity contribution in [3.8, 4) is 5.88 Å². The number of hydrogen-bond acceptors (Lipinski definition) is 5. The lowest BCUT2D eigenvalue weighted by Crippen LogP contribution is -2.41. The number of nitrogens with zero attached hydrogens (tertiary/aromatic N) is 4. The van der Waals surface area contributed by atoms with Crippen LogP contribution >= 0.6 is 11.6 Å². The molecule has 1 aliphatic rings. The van der Waals surface area contributed by atoms with Gasteiger partial charge in [-0.3, -0.25) is 14.3 Å². The molecular formula is C19H21ClF3N5O3. The Hall–Kier alpha value is -2.82. The number of ether oxygens (including phenoxy) is 1. The van der Waals surface area contributed by atoms with Crippen molar-refractivity contribution in [1.29, 1.82) is 0 Å². The van der Waals surface area contributed by atoms with Gasteiger partial charge in [0.2, 0.25) is 5.88 Å². The highest BCUT2D eigenvalue weighted by Crippen LogP contribution is 2.26. The highest BCUT2D eigenvalue weighted by Gasteiger charge is 2.29. The summed E-state index contributed by atoms with van der Waals surface area (Å²) >= 11 is 5.92. The molecule has 12 heteroatoms. The number of aromatic nitrogens is 3. The number of nitrogens with one attached hydrogen (secondary N) is 1. The Labute approximate surface area is 181 Å². The second-order valence-electron chi connectivity index (χ2n) is 7.26.